The first-order chi connectivity index (χ1) is 9.56. The fourth-order valence-corrected chi connectivity index (χ4v) is 1.61. The van der Waals surface area contributed by atoms with Crippen molar-refractivity contribution in [2.24, 2.45) is 4.99 Å². The standard InChI is InChI=1S/C15H13FN2O2/c1-10(19)18-13-7-5-12(6-8-13)17-9-11-3-2-4-14(16)15(11)20/h2-9,20H,1H3,(H,18,19). The number of para-hydroxylation sites is 1. The Labute approximate surface area is 115 Å². The summed E-state index contributed by atoms with van der Waals surface area (Å²) in [4.78, 5) is 15.0. The van der Waals surface area contributed by atoms with Gasteiger partial charge in [0.15, 0.2) is 11.6 Å². The molecule has 0 aliphatic carbocycles. The maximum Gasteiger partial charge on any atom is 0.221 e. The average molecular weight is 272 g/mol. The van der Waals surface area contributed by atoms with Crippen LogP contribution in [0.2, 0.25) is 0 Å². The molecule has 0 heterocycles. The lowest BCUT2D eigenvalue weighted by molar-refractivity contribution is -0.114. The quantitative estimate of drug-likeness (QED) is 0.842. The topological polar surface area (TPSA) is 61.7 Å². The zero-order chi connectivity index (χ0) is 14.5. The van der Waals surface area contributed by atoms with E-state index in [-0.39, 0.29) is 5.91 Å². The number of phenols is 1. The van der Waals surface area contributed by atoms with E-state index in [2.05, 4.69) is 10.3 Å². The van der Waals surface area contributed by atoms with Gasteiger partial charge in [-0.05, 0) is 36.4 Å². The van der Waals surface area contributed by atoms with Crippen LogP contribution in [0.4, 0.5) is 15.8 Å². The molecule has 2 N–H and O–H groups in total. The molecule has 0 unspecified atom stereocenters. The Hall–Kier alpha value is -2.69. The van der Waals surface area contributed by atoms with Crippen LogP contribution in [-0.4, -0.2) is 17.2 Å². The molecule has 0 saturated carbocycles. The van der Waals surface area contributed by atoms with Gasteiger partial charge in [0.1, 0.15) is 0 Å². The van der Waals surface area contributed by atoms with Crippen LogP contribution < -0.4 is 5.32 Å². The Kier molecular flexibility index (Phi) is 4.10. The SMILES string of the molecule is CC(=O)Nc1ccc(N=Cc2cccc(F)c2O)cc1. The molecule has 4 nitrogen and oxygen atoms in total. The van der Waals surface area contributed by atoms with Crippen molar-refractivity contribution in [1.29, 1.82) is 0 Å². The number of benzene rings is 2. The van der Waals surface area contributed by atoms with E-state index in [4.69, 9.17) is 0 Å². The molecule has 0 aliphatic rings. The lowest BCUT2D eigenvalue weighted by atomic mass is 10.2. The maximum atomic E-state index is 13.1. The summed E-state index contributed by atoms with van der Waals surface area (Å²) in [7, 11) is 0. The minimum atomic E-state index is -0.685. The molecule has 0 fully saturated rings. The van der Waals surface area contributed by atoms with Crippen LogP contribution in [0.5, 0.6) is 5.75 Å². The van der Waals surface area contributed by atoms with Crippen LogP contribution in [0.15, 0.2) is 47.5 Å². The van der Waals surface area contributed by atoms with Gasteiger partial charge in [0.05, 0.1) is 5.69 Å². The van der Waals surface area contributed by atoms with Gasteiger partial charge < -0.3 is 10.4 Å². The molecule has 2 aromatic rings. The van der Waals surface area contributed by atoms with Gasteiger partial charge in [-0.1, -0.05) is 6.07 Å². The van der Waals surface area contributed by atoms with Gasteiger partial charge >= 0.3 is 0 Å². The van der Waals surface area contributed by atoms with E-state index in [1.807, 2.05) is 0 Å². The van der Waals surface area contributed by atoms with Crippen LogP contribution in [0.1, 0.15) is 12.5 Å². The minimum Gasteiger partial charge on any atom is -0.504 e. The summed E-state index contributed by atoms with van der Waals surface area (Å²) in [5.41, 5.74) is 1.60. The fraction of sp³-hybridized carbons (Fsp3) is 0.0667. The highest BCUT2D eigenvalue weighted by Crippen LogP contribution is 2.21. The number of halogens is 1. The van der Waals surface area contributed by atoms with Gasteiger partial charge in [0, 0.05) is 24.4 Å². The van der Waals surface area contributed by atoms with Crippen molar-refractivity contribution in [3.8, 4) is 5.75 Å². The second kappa shape index (κ2) is 5.97. The Morgan fingerprint density at radius 3 is 2.60 bits per heavy atom. The third-order valence-electron chi connectivity index (χ3n) is 2.56. The van der Waals surface area contributed by atoms with E-state index in [0.717, 1.165) is 0 Å². The molecule has 0 radical (unpaired) electrons. The van der Waals surface area contributed by atoms with Crippen molar-refractivity contribution < 1.29 is 14.3 Å². The van der Waals surface area contributed by atoms with Crippen molar-refractivity contribution in [2.75, 3.05) is 5.32 Å². The normalized spacial score (nSPS) is 10.7. The Bertz CT molecular complexity index is 651. The Morgan fingerprint density at radius 1 is 1.25 bits per heavy atom. The van der Waals surface area contributed by atoms with Crippen LogP contribution in [0, 0.1) is 5.82 Å². The molecule has 1 amide bonds. The number of hydrogen-bond donors (Lipinski definition) is 2. The van der Waals surface area contributed by atoms with Gasteiger partial charge in [-0.25, -0.2) is 4.39 Å². The van der Waals surface area contributed by atoms with Crippen LogP contribution in [0.3, 0.4) is 0 Å². The molecule has 2 aromatic carbocycles. The largest absolute Gasteiger partial charge is 0.504 e. The van der Waals surface area contributed by atoms with E-state index in [1.165, 1.54) is 25.3 Å². The number of aliphatic imine (C=N–C) groups is 1. The van der Waals surface area contributed by atoms with E-state index >= 15 is 0 Å². The first-order valence-corrected chi connectivity index (χ1v) is 5.95. The first kappa shape index (κ1) is 13.7. The number of carbonyl (C=O) groups is 1. The zero-order valence-corrected chi connectivity index (χ0v) is 10.8. The number of nitrogens with one attached hydrogen (secondary N) is 1. The molecular formula is C15H13FN2O2. The van der Waals surface area contributed by atoms with Crippen molar-refractivity contribution in [3.63, 3.8) is 0 Å². The molecule has 0 saturated heterocycles. The number of phenolic OH excluding ortho intramolecular Hbond substituents is 1. The maximum absolute atomic E-state index is 13.1. The monoisotopic (exact) mass is 272 g/mol. The van der Waals surface area contributed by atoms with Gasteiger partial charge in [-0.2, -0.15) is 0 Å². The van der Waals surface area contributed by atoms with Gasteiger partial charge in [0.25, 0.3) is 0 Å². The number of hydrogen-bond acceptors (Lipinski definition) is 3. The van der Waals surface area contributed by atoms with E-state index in [9.17, 15) is 14.3 Å². The van der Waals surface area contributed by atoms with Gasteiger partial charge in [0.2, 0.25) is 5.91 Å². The summed E-state index contributed by atoms with van der Waals surface area (Å²) in [6.45, 7) is 1.43. The second-order valence-electron chi connectivity index (χ2n) is 4.16. The smallest absolute Gasteiger partial charge is 0.221 e. The Balaban J connectivity index is 2.15. The average Bonchev–Trinajstić information content (AvgIpc) is 2.41. The predicted octanol–water partition coefficient (Wildman–Crippen LogP) is 3.24. The summed E-state index contributed by atoms with van der Waals surface area (Å²) in [6.07, 6.45) is 1.38. The summed E-state index contributed by atoms with van der Waals surface area (Å²) >= 11 is 0. The van der Waals surface area contributed by atoms with Crippen LogP contribution in [-0.2, 0) is 4.79 Å². The summed E-state index contributed by atoms with van der Waals surface area (Å²) in [5, 5.41) is 12.1. The van der Waals surface area contributed by atoms with E-state index in [0.29, 0.717) is 16.9 Å². The number of carbonyl (C=O) groups excluding carboxylic acids is 1. The van der Waals surface area contributed by atoms with Crippen molar-refractivity contribution >= 4 is 23.5 Å². The number of rotatable bonds is 3. The molecular weight excluding hydrogens is 259 g/mol. The number of anilines is 1. The highest BCUT2D eigenvalue weighted by Gasteiger charge is 2.03. The molecule has 0 aromatic heterocycles. The Morgan fingerprint density at radius 2 is 1.95 bits per heavy atom. The van der Waals surface area contributed by atoms with Gasteiger partial charge in [-0.3, -0.25) is 9.79 Å². The molecule has 2 rings (SSSR count). The highest BCUT2D eigenvalue weighted by atomic mass is 19.1. The van der Waals surface area contributed by atoms with E-state index < -0.39 is 11.6 Å². The van der Waals surface area contributed by atoms with Crippen molar-refractivity contribution in [1.82, 2.24) is 0 Å². The molecule has 5 heteroatoms. The highest BCUT2D eigenvalue weighted by molar-refractivity contribution is 5.89. The first-order valence-electron chi connectivity index (χ1n) is 5.95. The fourth-order valence-electron chi connectivity index (χ4n) is 1.61. The summed E-state index contributed by atoms with van der Waals surface area (Å²) in [5.74, 6) is -1.26. The lowest BCUT2D eigenvalue weighted by Crippen LogP contribution is -2.04. The van der Waals surface area contributed by atoms with Gasteiger partial charge in [-0.15, -0.1) is 0 Å². The molecule has 0 spiro atoms. The third-order valence-corrected chi connectivity index (χ3v) is 2.56. The lowest BCUT2D eigenvalue weighted by Gasteiger charge is -2.02. The third kappa shape index (κ3) is 3.41. The molecule has 0 atom stereocenters. The predicted molar refractivity (Wildman–Crippen MR) is 76.1 cm³/mol. The van der Waals surface area contributed by atoms with E-state index in [1.54, 1.807) is 30.3 Å². The second-order valence-corrected chi connectivity index (χ2v) is 4.16. The molecule has 0 aliphatic heterocycles. The summed E-state index contributed by atoms with van der Waals surface area (Å²) in [6, 6.07) is 11.1. The molecule has 20 heavy (non-hydrogen) atoms. The zero-order valence-electron chi connectivity index (χ0n) is 10.8. The van der Waals surface area contributed by atoms with Crippen LogP contribution in [0.25, 0.3) is 0 Å². The minimum absolute atomic E-state index is 0.147. The molecule has 0 bridgehead atoms. The van der Waals surface area contributed by atoms with Crippen molar-refractivity contribution in [2.45, 2.75) is 6.92 Å². The van der Waals surface area contributed by atoms with Crippen LogP contribution >= 0.6 is 0 Å². The number of aromatic hydroxyl groups is 1. The summed E-state index contributed by atoms with van der Waals surface area (Å²) < 4.78 is 13.1. The number of amides is 1. The number of nitrogens with zero attached hydrogens (tertiary/aromatic N) is 1. The molecule has 102 valence electrons. The van der Waals surface area contributed by atoms with Crippen molar-refractivity contribution in [3.05, 3.63) is 53.8 Å².